The SMILES string of the molecule is Cc1c(CNc2ncncc2I)cnn1C. The van der Waals surface area contributed by atoms with E-state index in [-0.39, 0.29) is 0 Å². The maximum atomic E-state index is 4.19. The lowest BCUT2D eigenvalue weighted by atomic mass is 10.2. The average Bonchev–Trinajstić information content (AvgIpc) is 2.59. The normalized spacial score (nSPS) is 10.4. The van der Waals surface area contributed by atoms with Crippen molar-refractivity contribution in [2.75, 3.05) is 5.32 Å². The van der Waals surface area contributed by atoms with Gasteiger partial charge >= 0.3 is 0 Å². The van der Waals surface area contributed by atoms with Gasteiger partial charge < -0.3 is 5.32 Å². The van der Waals surface area contributed by atoms with E-state index in [1.54, 1.807) is 12.5 Å². The Labute approximate surface area is 107 Å². The minimum Gasteiger partial charge on any atom is -0.365 e. The van der Waals surface area contributed by atoms with Crippen LogP contribution in [0, 0.1) is 10.5 Å². The van der Waals surface area contributed by atoms with Gasteiger partial charge in [-0.1, -0.05) is 0 Å². The summed E-state index contributed by atoms with van der Waals surface area (Å²) < 4.78 is 2.88. The first-order chi connectivity index (χ1) is 7.68. The van der Waals surface area contributed by atoms with Gasteiger partial charge in [0.25, 0.3) is 0 Å². The van der Waals surface area contributed by atoms with Crippen molar-refractivity contribution < 1.29 is 0 Å². The minimum absolute atomic E-state index is 0.729. The fourth-order valence-electron chi connectivity index (χ4n) is 1.34. The second-order valence-corrected chi connectivity index (χ2v) is 4.61. The quantitative estimate of drug-likeness (QED) is 0.872. The molecule has 0 fully saturated rings. The van der Waals surface area contributed by atoms with Crippen LogP contribution >= 0.6 is 22.6 Å². The standard InChI is InChI=1S/C10H12IN5/c1-7-8(4-15-16(7)2)3-13-10-9(11)5-12-6-14-10/h4-6H,3H2,1-2H3,(H,12,13,14). The predicted octanol–water partition coefficient (Wildman–Crippen LogP) is 1.74. The molecule has 0 aliphatic rings. The van der Waals surface area contributed by atoms with Crippen LogP contribution < -0.4 is 5.32 Å². The molecule has 5 nitrogen and oxygen atoms in total. The van der Waals surface area contributed by atoms with Crippen LogP contribution in [-0.2, 0) is 13.6 Å². The van der Waals surface area contributed by atoms with Gasteiger partial charge in [0.2, 0.25) is 0 Å². The van der Waals surface area contributed by atoms with Gasteiger partial charge in [-0.15, -0.1) is 0 Å². The molecule has 0 unspecified atom stereocenters. The number of aryl methyl sites for hydroxylation is 1. The van der Waals surface area contributed by atoms with E-state index in [4.69, 9.17) is 0 Å². The molecule has 0 spiro atoms. The topological polar surface area (TPSA) is 55.6 Å². The zero-order chi connectivity index (χ0) is 11.5. The van der Waals surface area contributed by atoms with E-state index in [9.17, 15) is 0 Å². The summed E-state index contributed by atoms with van der Waals surface area (Å²) in [5, 5.41) is 7.46. The highest BCUT2D eigenvalue weighted by Crippen LogP contribution is 2.14. The smallest absolute Gasteiger partial charge is 0.143 e. The number of hydrogen-bond acceptors (Lipinski definition) is 4. The van der Waals surface area contributed by atoms with Gasteiger partial charge in [0, 0.05) is 31.0 Å². The van der Waals surface area contributed by atoms with Crippen molar-refractivity contribution in [3.8, 4) is 0 Å². The number of nitrogens with zero attached hydrogens (tertiary/aromatic N) is 4. The minimum atomic E-state index is 0.729. The van der Waals surface area contributed by atoms with Crippen LogP contribution in [-0.4, -0.2) is 19.7 Å². The molecule has 2 aromatic rings. The lowest BCUT2D eigenvalue weighted by Crippen LogP contribution is -2.04. The molecule has 0 bridgehead atoms. The van der Waals surface area contributed by atoms with Gasteiger partial charge in [0.05, 0.1) is 9.77 Å². The molecular formula is C10H12IN5. The molecule has 0 amide bonds. The molecule has 0 aromatic carbocycles. The van der Waals surface area contributed by atoms with Crippen LogP contribution in [0.25, 0.3) is 0 Å². The fraction of sp³-hybridized carbons (Fsp3) is 0.300. The van der Waals surface area contributed by atoms with Gasteiger partial charge in [-0.25, -0.2) is 9.97 Å². The van der Waals surface area contributed by atoms with E-state index in [0.717, 1.165) is 21.6 Å². The van der Waals surface area contributed by atoms with E-state index < -0.39 is 0 Å². The molecule has 2 heterocycles. The first-order valence-electron chi connectivity index (χ1n) is 4.85. The summed E-state index contributed by atoms with van der Waals surface area (Å²) >= 11 is 2.21. The number of hydrogen-bond donors (Lipinski definition) is 1. The third kappa shape index (κ3) is 2.31. The Hall–Kier alpha value is -1.18. The first-order valence-corrected chi connectivity index (χ1v) is 5.93. The summed E-state index contributed by atoms with van der Waals surface area (Å²) in [4.78, 5) is 8.12. The van der Waals surface area contributed by atoms with Gasteiger partial charge in [0.15, 0.2) is 0 Å². The van der Waals surface area contributed by atoms with Crippen LogP contribution in [0.15, 0.2) is 18.7 Å². The Kier molecular flexibility index (Phi) is 3.37. The Morgan fingerprint density at radius 1 is 1.44 bits per heavy atom. The molecule has 1 N–H and O–H groups in total. The van der Waals surface area contributed by atoms with Crippen molar-refractivity contribution in [1.29, 1.82) is 0 Å². The van der Waals surface area contributed by atoms with Gasteiger partial charge in [0.1, 0.15) is 12.1 Å². The molecule has 0 aliphatic carbocycles. The predicted molar refractivity (Wildman–Crippen MR) is 70.0 cm³/mol. The van der Waals surface area contributed by atoms with Crippen LogP contribution in [0.1, 0.15) is 11.3 Å². The molecule has 0 aliphatic heterocycles. The number of anilines is 1. The second kappa shape index (κ2) is 4.77. The number of aromatic nitrogens is 4. The maximum absolute atomic E-state index is 4.19. The van der Waals surface area contributed by atoms with Crippen LogP contribution in [0.2, 0.25) is 0 Å². The summed E-state index contributed by atoms with van der Waals surface area (Å²) in [6.45, 7) is 2.78. The molecule has 84 valence electrons. The van der Waals surface area contributed by atoms with Crippen molar-refractivity contribution in [3.05, 3.63) is 33.5 Å². The van der Waals surface area contributed by atoms with Crippen LogP contribution in [0.5, 0.6) is 0 Å². The van der Waals surface area contributed by atoms with Crippen molar-refractivity contribution in [2.45, 2.75) is 13.5 Å². The molecule has 0 atom stereocenters. The molecule has 0 saturated carbocycles. The van der Waals surface area contributed by atoms with E-state index in [0.29, 0.717) is 0 Å². The van der Waals surface area contributed by atoms with Crippen molar-refractivity contribution >= 4 is 28.4 Å². The van der Waals surface area contributed by atoms with Crippen LogP contribution in [0.4, 0.5) is 5.82 Å². The first kappa shape index (κ1) is 11.3. The highest BCUT2D eigenvalue weighted by molar-refractivity contribution is 14.1. The summed E-state index contributed by atoms with van der Waals surface area (Å²) in [5.41, 5.74) is 2.34. The number of nitrogens with one attached hydrogen (secondary N) is 1. The molecule has 0 saturated heterocycles. The zero-order valence-electron chi connectivity index (χ0n) is 9.11. The van der Waals surface area contributed by atoms with Crippen molar-refractivity contribution in [2.24, 2.45) is 7.05 Å². The maximum Gasteiger partial charge on any atom is 0.143 e. The second-order valence-electron chi connectivity index (χ2n) is 3.45. The van der Waals surface area contributed by atoms with Gasteiger partial charge in [-0.2, -0.15) is 5.10 Å². The average molecular weight is 329 g/mol. The van der Waals surface area contributed by atoms with E-state index >= 15 is 0 Å². The zero-order valence-corrected chi connectivity index (χ0v) is 11.3. The lowest BCUT2D eigenvalue weighted by molar-refractivity contribution is 0.738. The summed E-state index contributed by atoms with van der Waals surface area (Å²) in [5.74, 6) is 0.860. The molecule has 6 heteroatoms. The Bertz CT molecular complexity index is 494. The summed E-state index contributed by atoms with van der Waals surface area (Å²) in [7, 11) is 1.94. The monoisotopic (exact) mass is 329 g/mol. The van der Waals surface area contributed by atoms with Crippen molar-refractivity contribution in [3.63, 3.8) is 0 Å². The number of halogens is 1. The van der Waals surface area contributed by atoms with Crippen molar-refractivity contribution in [1.82, 2.24) is 19.7 Å². The third-order valence-corrected chi connectivity index (χ3v) is 3.24. The highest BCUT2D eigenvalue weighted by Gasteiger charge is 2.05. The third-order valence-electron chi connectivity index (χ3n) is 2.45. The molecule has 2 rings (SSSR count). The van der Waals surface area contributed by atoms with Gasteiger partial charge in [-0.3, -0.25) is 4.68 Å². The summed E-state index contributed by atoms with van der Waals surface area (Å²) in [6, 6.07) is 0. The van der Waals surface area contributed by atoms with E-state index in [1.165, 1.54) is 5.56 Å². The van der Waals surface area contributed by atoms with E-state index in [1.807, 2.05) is 17.9 Å². The van der Waals surface area contributed by atoms with Gasteiger partial charge in [-0.05, 0) is 29.5 Å². The molecule has 16 heavy (non-hydrogen) atoms. The van der Waals surface area contributed by atoms with E-state index in [2.05, 4.69) is 49.9 Å². The Balaban J connectivity index is 2.08. The fourth-order valence-corrected chi connectivity index (χ4v) is 1.83. The Morgan fingerprint density at radius 2 is 2.25 bits per heavy atom. The largest absolute Gasteiger partial charge is 0.365 e. The lowest BCUT2D eigenvalue weighted by Gasteiger charge is -2.06. The van der Waals surface area contributed by atoms with Crippen LogP contribution in [0.3, 0.4) is 0 Å². The summed E-state index contributed by atoms with van der Waals surface area (Å²) in [6.07, 6.45) is 5.20. The molecule has 2 aromatic heterocycles. The Morgan fingerprint density at radius 3 is 2.88 bits per heavy atom. The molecule has 0 radical (unpaired) electrons. The molecular weight excluding hydrogens is 317 g/mol. The number of rotatable bonds is 3. The highest BCUT2D eigenvalue weighted by atomic mass is 127.